The molecule has 264 valence electrons. The molecule has 1 unspecified atom stereocenters. The Bertz CT molecular complexity index is 824. The second kappa shape index (κ2) is 29.9. The van der Waals surface area contributed by atoms with Gasteiger partial charge in [0.15, 0.2) is 6.79 Å². The van der Waals surface area contributed by atoms with Gasteiger partial charge in [-0.15, -0.1) is 0 Å². The van der Waals surface area contributed by atoms with Crippen molar-refractivity contribution in [2.24, 2.45) is 11.3 Å². The van der Waals surface area contributed by atoms with Crippen molar-refractivity contribution in [3.63, 3.8) is 0 Å². The SMILES string of the molecule is C=C(C)C(=O)OCCN(CC)CC.C=CC(=O)OCCOC.CCC(CC(C)(C)C(=O)OCCN(CC)CC)C(=O)OCOC. The van der Waals surface area contributed by atoms with Gasteiger partial charge in [0.25, 0.3) is 0 Å². The summed E-state index contributed by atoms with van der Waals surface area (Å²) in [5.74, 6) is -1.66. The molecule has 0 aliphatic carbocycles. The third-order valence-corrected chi connectivity index (χ3v) is 6.57. The minimum atomic E-state index is -0.726. The summed E-state index contributed by atoms with van der Waals surface area (Å²) < 4.78 is 29.3. The number of esters is 4. The van der Waals surface area contributed by atoms with Crippen molar-refractivity contribution in [1.82, 2.24) is 9.80 Å². The highest BCUT2D eigenvalue weighted by atomic mass is 16.7. The Kier molecular flexibility index (Phi) is 31.0. The summed E-state index contributed by atoms with van der Waals surface area (Å²) in [6, 6.07) is 0. The maximum absolute atomic E-state index is 12.3. The van der Waals surface area contributed by atoms with E-state index in [1.54, 1.807) is 27.9 Å². The molecular weight excluding hydrogens is 584 g/mol. The molecule has 1 atom stereocenters. The van der Waals surface area contributed by atoms with E-state index in [9.17, 15) is 19.2 Å². The molecule has 0 spiro atoms. The van der Waals surface area contributed by atoms with Crippen LogP contribution in [0.4, 0.5) is 0 Å². The fraction of sp³-hybridized carbons (Fsp3) is 0.758. The molecule has 0 bridgehead atoms. The molecule has 0 aromatic rings. The van der Waals surface area contributed by atoms with Crippen LogP contribution < -0.4 is 0 Å². The van der Waals surface area contributed by atoms with Crippen LogP contribution in [0.25, 0.3) is 0 Å². The molecule has 0 N–H and O–H groups in total. The van der Waals surface area contributed by atoms with E-state index in [1.807, 2.05) is 6.92 Å². The molecule has 0 heterocycles. The van der Waals surface area contributed by atoms with Gasteiger partial charge in [-0.05, 0) is 59.8 Å². The number of methoxy groups -OCH3 is 2. The minimum absolute atomic E-state index is 0.0654. The molecule has 0 saturated heterocycles. The molecule has 12 nitrogen and oxygen atoms in total. The Morgan fingerprint density at radius 3 is 1.67 bits per heavy atom. The van der Waals surface area contributed by atoms with Crippen LogP contribution in [0.15, 0.2) is 24.8 Å². The monoisotopic (exact) mass is 646 g/mol. The molecule has 0 rings (SSSR count). The van der Waals surface area contributed by atoms with Gasteiger partial charge in [-0.3, -0.25) is 9.59 Å². The number of ether oxygens (including phenoxy) is 6. The Labute approximate surface area is 272 Å². The van der Waals surface area contributed by atoms with Gasteiger partial charge in [-0.2, -0.15) is 0 Å². The third kappa shape index (κ3) is 26.2. The highest BCUT2D eigenvalue weighted by Gasteiger charge is 2.35. The predicted octanol–water partition coefficient (Wildman–Crippen LogP) is 4.27. The van der Waals surface area contributed by atoms with Crippen molar-refractivity contribution in [3.8, 4) is 0 Å². The lowest BCUT2D eigenvalue weighted by Gasteiger charge is -2.27. The van der Waals surface area contributed by atoms with E-state index in [4.69, 9.17) is 18.9 Å². The standard InChI is InChI=1S/C17H33NO5.C10H19NO2.C6H10O3/c1-7-14(15(19)23-13-21-6)12-17(4,5)16(20)22-11-10-18(8-2)9-3;1-5-11(6-2)7-8-13-10(12)9(3)4;1-3-6(7)9-5-4-8-2/h14H,7-13H2,1-6H3;3,5-8H2,1-2,4H3;3H,1,4-5H2,2H3. The molecule has 0 radical (unpaired) electrons. The van der Waals surface area contributed by atoms with Gasteiger partial charge in [0.05, 0.1) is 17.9 Å². The number of nitrogens with zero attached hydrogens (tertiary/aromatic N) is 2. The Morgan fingerprint density at radius 1 is 0.756 bits per heavy atom. The fourth-order valence-corrected chi connectivity index (χ4v) is 3.55. The van der Waals surface area contributed by atoms with Crippen molar-refractivity contribution in [2.45, 2.75) is 68.2 Å². The maximum Gasteiger partial charge on any atom is 0.333 e. The van der Waals surface area contributed by atoms with Crippen molar-refractivity contribution in [3.05, 3.63) is 24.8 Å². The first-order chi connectivity index (χ1) is 21.2. The summed E-state index contributed by atoms with van der Waals surface area (Å²) in [6.07, 6.45) is 2.13. The van der Waals surface area contributed by atoms with E-state index in [2.05, 4.69) is 60.1 Å². The van der Waals surface area contributed by atoms with Gasteiger partial charge in [-0.25, -0.2) is 9.59 Å². The van der Waals surface area contributed by atoms with Crippen LogP contribution >= 0.6 is 0 Å². The number of likely N-dealkylation sites (N-methyl/N-ethyl adjacent to an activating group) is 2. The zero-order valence-electron chi connectivity index (χ0n) is 29.7. The van der Waals surface area contributed by atoms with Crippen molar-refractivity contribution >= 4 is 23.9 Å². The highest BCUT2D eigenvalue weighted by molar-refractivity contribution is 5.86. The summed E-state index contributed by atoms with van der Waals surface area (Å²) in [7, 11) is 3.01. The number of rotatable bonds is 22. The van der Waals surface area contributed by atoms with Crippen LogP contribution in [0.5, 0.6) is 0 Å². The average Bonchev–Trinajstić information content (AvgIpc) is 3.03. The number of carbonyl (C=O) groups excluding carboxylic acids is 4. The van der Waals surface area contributed by atoms with Crippen LogP contribution in [0, 0.1) is 11.3 Å². The summed E-state index contributed by atoms with van der Waals surface area (Å²) in [6.45, 7) is 29.1. The maximum atomic E-state index is 12.3. The quantitative estimate of drug-likeness (QED) is 0.0547. The molecule has 0 fully saturated rings. The molecule has 0 saturated carbocycles. The van der Waals surface area contributed by atoms with E-state index in [-0.39, 0.29) is 30.6 Å². The second-order valence-corrected chi connectivity index (χ2v) is 10.5. The minimum Gasteiger partial charge on any atom is -0.464 e. The van der Waals surface area contributed by atoms with Gasteiger partial charge in [-0.1, -0.05) is 47.8 Å². The van der Waals surface area contributed by atoms with Gasteiger partial charge in [0.2, 0.25) is 0 Å². The van der Waals surface area contributed by atoms with E-state index < -0.39 is 11.4 Å². The number of hydrogen-bond donors (Lipinski definition) is 0. The van der Waals surface area contributed by atoms with Gasteiger partial charge < -0.3 is 38.2 Å². The lowest BCUT2D eigenvalue weighted by atomic mass is 9.81. The fourth-order valence-electron chi connectivity index (χ4n) is 3.55. The third-order valence-electron chi connectivity index (χ3n) is 6.57. The largest absolute Gasteiger partial charge is 0.464 e. The molecule has 45 heavy (non-hydrogen) atoms. The summed E-state index contributed by atoms with van der Waals surface area (Å²) in [5, 5.41) is 0. The van der Waals surface area contributed by atoms with Crippen molar-refractivity contribution in [2.75, 3.05) is 86.7 Å². The smallest absolute Gasteiger partial charge is 0.333 e. The lowest BCUT2D eigenvalue weighted by molar-refractivity contribution is -0.163. The topological polar surface area (TPSA) is 130 Å². The molecule has 0 amide bonds. The first-order valence-electron chi connectivity index (χ1n) is 15.6. The van der Waals surface area contributed by atoms with E-state index in [0.717, 1.165) is 45.3 Å². The number of hydrogen-bond acceptors (Lipinski definition) is 12. The Balaban J connectivity index is -0.000000671. The van der Waals surface area contributed by atoms with Crippen LogP contribution in [0.1, 0.15) is 68.2 Å². The molecule has 12 heteroatoms. The van der Waals surface area contributed by atoms with Crippen LogP contribution in [-0.4, -0.2) is 120 Å². The summed E-state index contributed by atoms with van der Waals surface area (Å²) in [4.78, 5) is 49.9. The van der Waals surface area contributed by atoms with Gasteiger partial charge >= 0.3 is 23.9 Å². The Hall–Kier alpha value is -2.80. The highest BCUT2D eigenvalue weighted by Crippen LogP contribution is 2.29. The van der Waals surface area contributed by atoms with E-state index in [0.29, 0.717) is 44.8 Å². The van der Waals surface area contributed by atoms with Crippen LogP contribution in [-0.2, 0) is 47.6 Å². The second-order valence-electron chi connectivity index (χ2n) is 10.5. The van der Waals surface area contributed by atoms with Crippen molar-refractivity contribution in [1.29, 1.82) is 0 Å². The van der Waals surface area contributed by atoms with Crippen molar-refractivity contribution < 1.29 is 47.6 Å². The normalized spacial score (nSPS) is 11.3. The predicted molar refractivity (Wildman–Crippen MR) is 175 cm³/mol. The first-order valence-corrected chi connectivity index (χ1v) is 15.6. The molecule has 0 aliphatic heterocycles. The van der Waals surface area contributed by atoms with Gasteiger partial charge in [0, 0.05) is 39.0 Å². The zero-order valence-corrected chi connectivity index (χ0v) is 29.7. The van der Waals surface area contributed by atoms with E-state index in [1.165, 1.54) is 7.11 Å². The molecule has 0 aliphatic rings. The summed E-state index contributed by atoms with van der Waals surface area (Å²) >= 11 is 0. The van der Waals surface area contributed by atoms with Crippen LogP contribution in [0.3, 0.4) is 0 Å². The molecule has 0 aromatic heterocycles. The van der Waals surface area contributed by atoms with E-state index >= 15 is 0 Å². The average molecular weight is 647 g/mol. The first kappa shape index (κ1) is 46.6. The lowest BCUT2D eigenvalue weighted by Crippen LogP contribution is -2.34. The van der Waals surface area contributed by atoms with Crippen LogP contribution in [0.2, 0.25) is 0 Å². The number of carbonyl (C=O) groups is 4. The Morgan fingerprint density at radius 2 is 1.27 bits per heavy atom. The molecule has 0 aromatic carbocycles. The zero-order chi connectivity index (χ0) is 35.3. The molecular formula is C33H62N2O10. The summed E-state index contributed by atoms with van der Waals surface area (Å²) in [5.41, 5.74) is -0.268. The van der Waals surface area contributed by atoms with Gasteiger partial charge in [0.1, 0.15) is 19.8 Å².